The SMILES string of the molecule is CC(C)[C@@H](C(=O)O)N(C)C(=O)c1ccc(-c2ccc(N)cc2)cc1. The summed E-state index contributed by atoms with van der Waals surface area (Å²) in [6.07, 6.45) is 0. The van der Waals surface area contributed by atoms with E-state index in [2.05, 4.69) is 0 Å². The van der Waals surface area contributed by atoms with Crippen molar-refractivity contribution < 1.29 is 14.7 Å². The summed E-state index contributed by atoms with van der Waals surface area (Å²) in [4.78, 5) is 25.2. The third-order valence-corrected chi connectivity index (χ3v) is 4.00. The molecule has 5 heteroatoms. The van der Waals surface area contributed by atoms with Crippen LogP contribution in [0.5, 0.6) is 0 Å². The number of carbonyl (C=O) groups excluding carboxylic acids is 1. The molecule has 0 aliphatic heterocycles. The standard InChI is InChI=1S/C19H22N2O3/c1-12(2)17(19(23)24)21(3)18(22)15-6-4-13(5-7-15)14-8-10-16(20)11-9-14/h4-12,17H,20H2,1-3H3,(H,23,24)/t17-/m0/s1. The van der Waals surface area contributed by atoms with Crippen LogP contribution in [0.2, 0.25) is 0 Å². The number of hydrogen-bond acceptors (Lipinski definition) is 3. The molecule has 24 heavy (non-hydrogen) atoms. The first-order chi connectivity index (χ1) is 11.3. The molecule has 0 aromatic heterocycles. The van der Waals surface area contributed by atoms with E-state index in [-0.39, 0.29) is 11.8 Å². The van der Waals surface area contributed by atoms with Crippen LogP contribution < -0.4 is 5.73 Å². The summed E-state index contributed by atoms with van der Waals surface area (Å²) in [7, 11) is 1.52. The lowest BCUT2D eigenvalue weighted by Crippen LogP contribution is -2.45. The molecular weight excluding hydrogens is 304 g/mol. The molecule has 0 fully saturated rings. The highest BCUT2D eigenvalue weighted by Gasteiger charge is 2.29. The number of benzene rings is 2. The number of nitrogens with zero attached hydrogens (tertiary/aromatic N) is 1. The molecule has 2 rings (SSSR count). The maximum Gasteiger partial charge on any atom is 0.326 e. The first-order valence-electron chi connectivity index (χ1n) is 7.77. The number of nitrogen functional groups attached to an aromatic ring is 1. The van der Waals surface area contributed by atoms with Gasteiger partial charge in [-0.25, -0.2) is 4.79 Å². The van der Waals surface area contributed by atoms with Gasteiger partial charge >= 0.3 is 5.97 Å². The Morgan fingerprint density at radius 3 is 1.83 bits per heavy atom. The van der Waals surface area contributed by atoms with Crippen molar-refractivity contribution in [2.24, 2.45) is 5.92 Å². The highest BCUT2D eigenvalue weighted by Crippen LogP contribution is 2.22. The summed E-state index contributed by atoms with van der Waals surface area (Å²) in [5, 5.41) is 9.32. The van der Waals surface area contributed by atoms with Gasteiger partial charge in [0, 0.05) is 18.3 Å². The average Bonchev–Trinajstić information content (AvgIpc) is 2.54. The minimum atomic E-state index is -1.00. The topological polar surface area (TPSA) is 83.6 Å². The minimum Gasteiger partial charge on any atom is -0.480 e. The maximum atomic E-state index is 12.5. The van der Waals surface area contributed by atoms with Gasteiger partial charge in [0.05, 0.1) is 0 Å². The summed E-state index contributed by atoms with van der Waals surface area (Å²) >= 11 is 0. The second-order valence-corrected chi connectivity index (χ2v) is 6.14. The van der Waals surface area contributed by atoms with Gasteiger partial charge in [-0.1, -0.05) is 38.1 Å². The van der Waals surface area contributed by atoms with E-state index < -0.39 is 12.0 Å². The smallest absolute Gasteiger partial charge is 0.326 e. The van der Waals surface area contributed by atoms with Crippen LogP contribution in [0.1, 0.15) is 24.2 Å². The molecular formula is C19H22N2O3. The van der Waals surface area contributed by atoms with Crippen molar-refractivity contribution >= 4 is 17.6 Å². The Bertz CT molecular complexity index is 721. The summed E-state index contributed by atoms with van der Waals surface area (Å²) in [5.74, 6) is -1.48. The molecule has 3 N–H and O–H groups in total. The molecule has 0 aliphatic rings. The fourth-order valence-electron chi connectivity index (χ4n) is 2.71. The predicted octanol–water partition coefficient (Wildman–Crippen LogP) is 3.12. The van der Waals surface area contributed by atoms with Crippen LogP contribution in [0.25, 0.3) is 11.1 Å². The van der Waals surface area contributed by atoms with Crippen molar-refractivity contribution in [3.63, 3.8) is 0 Å². The van der Waals surface area contributed by atoms with Crippen LogP contribution in [0.3, 0.4) is 0 Å². The molecule has 0 unspecified atom stereocenters. The monoisotopic (exact) mass is 326 g/mol. The molecule has 2 aromatic rings. The first kappa shape index (κ1) is 17.5. The number of rotatable bonds is 5. The van der Waals surface area contributed by atoms with E-state index in [0.29, 0.717) is 11.3 Å². The number of hydrogen-bond donors (Lipinski definition) is 2. The molecule has 0 spiro atoms. The van der Waals surface area contributed by atoms with Crippen molar-refractivity contribution in [1.29, 1.82) is 0 Å². The van der Waals surface area contributed by atoms with Crippen LogP contribution in [0.15, 0.2) is 48.5 Å². The Balaban J connectivity index is 2.22. The van der Waals surface area contributed by atoms with Crippen molar-refractivity contribution in [2.45, 2.75) is 19.9 Å². The predicted molar refractivity (Wildman–Crippen MR) is 94.6 cm³/mol. The summed E-state index contributed by atoms with van der Waals surface area (Å²) < 4.78 is 0. The normalized spacial score (nSPS) is 12.0. The van der Waals surface area contributed by atoms with E-state index in [1.807, 2.05) is 36.4 Å². The lowest BCUT2D eigenvalue weighted by molar-refractivity contribution is -0.143. The molecule has 0 radical (unpaired) electrons. The van der Waals surface area contributed by atoms with Crippen LogP contribution in [0, 0.1) is 5.92 Å². The van der Waals surface area contributed by atoms with Gasteiger partial charge < -0.3 is 15.7 Å². The summed E-state index contributed by atoms with van der Waals surface area (Å²) in [6, 6.07) is 13.7. The Hall–Kier alpha value is -2.82. The van der Waals surface area contributed by atoms with Crippen LogP contribution >= 0.6 is 0 Å². The number of aliphatic carboxylic acids is 1. The van der Waals surface area contributed by atoms with Gasteiger partial charge in [-0.3, -0.25) is 4.79 Å². The zero-order chi connectivity index (χ0) is 17.9. The van der Waals surface area contributed by atoms with Gasteiger partial charge in [0.2, 0.25) is 0 Å². The third kappa shape index (κ3) is 3.74. The number of nitrogens with two attached hydrogens (primary N) is 1. The second-order valence-electron chi connectivity index (χ2n) is 6.14. The van der Waals surface area contributed by atoms with E-state index in [0.717, 1.165) is 11.1 Å². The lowest BCUT2D eigenvalue weighted by Gasteiger charge is -2.27. The number of carboxylic acids is 1. The van der Waals surface area contributed by atoms with Gasteiger partial charge in [0.15, 0.2) is 0 Å². The molecule has 5 nitrogen and oxygen atoms in total. The zero-order valence-corrected chi connectivity index (χ0v) is 14.1. The molecule has 0 heterocycles. The number of carbonyl (C=O) groups is 2. The first-order valence-corrected chi connectivity index (χ1v) is 7.77. The Kier molecular flexibility index (Phi) is 5.24. The van der Waals surface area contributed by atoms with Gasteiger partial charge in [-0.05, 0) is 41.3 Å². The van der Waals surface area contributed by atoms with Crippen LogP contribution in [0.4, 0.5) is 5.69 Å². The van der Waals surface area contributed by atoms with Gasteiger partial charge in [0.1, 0.15) is 6.04 Å². The second kappa shape index (κ2) is 7.17. The van der Waals surface area contributed by atoms with E-state index in [9.17, 15) is 14.7 Å². The third-order valence-electron chi connectivity index (χ3n) is 4.00. The van der Waals surface area contributed by atoms with E-state index in [1.54, 1.807) is 26.0 Å². The van der Waals surface area contributed by atoms with Crippen LogP contribution in [-0.2, 0) is 4.79 Å². The van der Waals surface area contributed by atoms with Crippen molar-refractivity contribution in [1.82, 2.24) is 4.90 Å². The van der Waals surface area contributed by atoms with Crippen molar-refractivity contribution in [3.05, 3.63) is 54.1 Å². The quantitative estimate of drug-likeness (QED) is 0.827. The zero-order valence-electron chi connectivity index (χ0n) is 14.1. The number of carboxylic acid groups (broad SMARTS) is 1. The van der Waals surface area contributed by atoms with Gasteiger partial charge in [-0.15, -0.1) is 0 Å². The summed E-state index contributed by atoms with van der Waals surface area (Å²) in [6.45, 7) is 3.57. The van der Waals surface area contributed by atoms with E-state index >= 15 is 0 Å². The van der Waals surface area contributed by atoms with Crippen LogP contribution in [-0.4, -0.2) is 35.0 Å². The molecule has 2 aromatic carbocycles. The molecule has 0 aliphatic carbocycles. The number of amides is 1. The number of anilines is 1. The fraction of sp³-hybridized carbons (Fsp3) is 0.263. The molecule has 1 amide bonds. The van der Waals surface area contributed by atoms with Crippen molar-refractivity contribution in [3.8, 4) is 11.1 Å². The Morgan fingerprint density at radius 2 is 1.42 bits per heavy atom. The molecule has 0 saturated heterocycles. The Morgan fingerprint density at radius 1 is 0.958 bits per heavy atom. The number of likely N-dealkylation sites (N-methyl/N-ethyl adjacent to an activating group) is 1. The van der Waals surface area contributed by atoms with Crippen molar-refractivity contribution in [2.75, 3.05) is 12.8 Å². The van der Waals surface area contributed by atoms with Gasteiger partial charge in [0.25, 0.3) is 5.91 Å². The fourth-order valence-corrected chi connectivity index (χ4v) is 2.71. The molecule has 0 saturated carbocycles. The van der Waals surface area contributed by atoms with Gasteiger partial charge in [-0.2, -0.15) is 0 Å². The average molecular weight is 326 g/mol. The minimum absolute atomic E-state index is 0.175. The Labute approximate surface area is 141 Å². The molecule has 126 valence electrons. The van der Waals surface area contributed by atoms with E-state index in [4.69, 9.17) is 5.73 Å². The largest absolute Gasteiger partial charge is 0.480 e. The molecule has 0 bridgehead atoms. The lowest BCUT2D eigenvalue weighted by atomic mass is 10.0. The molecule has 1 atom stereocenters. The highest BCUT2D eigenvalue weighted by atomic mass is 16.4. The maximum absolute atomic E-state index is 12.5. The summed E-state index contributed by atoms with van der Waals surface area (Å²) in [5.41, 5.74) is 8.81. The highest BCUT2D eigenvalue weighted by molar-refractivity contribution is 5.97. The van der Waals surface area contributed by atoms with E-state index in [1.165, 1.54) is 11.9 Å².